The van der Waals surface area contributed by atoms with E-state index in [9.17, 15) is 9.59 Å². The second kappa shape index (κ2) is 5.13. The number of likely N-dealkylation sites (tertiary alicyclic amines) is 1. The summed E-state index contributed by atoms with van der Waals surface area (Å²) in [7, 11) is 0. The van der Waals surface area contributed by atoms with Crippen LogP contribution in [0.4, 0.5) is 0 Å². The van der Waals surface area contributed by atoms with Crippen LogP contribution in [0.25, 0.3) is 0 Å². The highest BCUT2D eigenvalue weighted by Gasteiger charge is 2.67. The molecule has 0 aliphatic carbocycles. The second-order valence-corrected chi connectivity index (χ2v) is 6.50. The fraction of sp³-hybridized carbons (Fsp3) is 0.750. The largest absolute Gasteiger partial charge is 0.463 e. The Balaban J connectivity index is 1.82. The fourth-order valence-corrected chi connectivity index (χ4v) is 3.70. The summed E-state index contributed by atoms with van der Waals surface area (Å²) in [6.45, 7) is 7.05. The van der Waals surface area contributed by atoms with Crippen LogP contribution in [0.1, 0.15) is 33.6 Å². The number of hydrogen-bond donors (Lipinski definition) is 0. The van der Waals surface area contributed by atoms with E-state index >= 15 is 0 Å². The highest BCUT2D eigenvalue weighted by Crippen LogP contribution is 2.52. The lowest BCUT2D eigenvalue weighted by Crippen LogP contribution is -2.40. The van der Waals surface area contributed by atoms with E-state index in [2.05, 4.69) is 6.92 Å². The number of ether oxygens (including phenoxy) is 2. The smallest absolute Gasteiger partial charge is 0.313 e. The third-order valence-electron chi connectivity index (χ3n) is 4.58. The van der Waals surface area contributed by atoms with E-state index in [1.165, 1.54) is 0 Å². The molecule has 3 aliphatic heterocycles. The minimum atomic E-state index is -0.601. The van der Waals surface area contributed by atoms with E-state index in [0.717, 1.165) is 19.4 Å². The number of hydrogen-bond acceptors (Lipinski definition) is 4. The lowest BCUT2D eigenvalue weighted by Gasteiger charge is -2.23. The summed E-state index contributed by atoms with van der Waals surface area (Å²) in [5, 5.41) is 0. The van der Waals surface area contributed by atoms with Gasteiger partial charge in [-0.05, 0) is 20.3 Å². The van der Waals surface area contributed by atoms with Crippen molar-refractivity contribution >= 4 is 11.9 Å². The fourth-order valence-electron chi connectivity index (χ4n) is 3.70. The molecule has 2 fully saturated rings. The number of amides is 1. The zero-order valence-electron chi connectivity index (χ0n) is 12.9. The molecule has 2 bridgehead atoms. The summed E-state index contributed by atoms with van der Waals surface area (Å²) < 4.78 is 11.3. The Bertz CT molecular complexity index is 487. The van der Waals surface area contributed by atoms with Crippen LogP contribution in [0.5, 0.6) is 0 Å². The van der Waals surface area contributed by atoms with Crippen LogP contribution >= 0.6 is 0 Å². The van der Waals surface area contributed by atoms with E-state index in [4.69, 9.17) is 9.47 Å². The van der Waals surface area contributed by atoms with E-state index in [-0.39, 0.29) is 24.1 Å². The molecule has 0 aromatic rings. The van der Waals surface area contributed by atoms with Gasteiger partial charge in [0.1, 0.15) is 11.5 Å². The highest BCUT2D eigenvalue weighted by atomic mass is 16.6. The Morgan fingerprint density at radius 1 is 1.57 bits per heavy atom. The molecule has 0 radical (unpaired) electrons. The molecule has 21 heavy (non-hydrogen) atoms. The van der Waals surface area contributed by atoms with Crippen molar-refractivity contribution in [2.75, 3.05) is 13.1 Å². The summed E-state index contributed by atoms with van der Waals surface area (Å²) in [5.74, 6) is -1.16. The molecular weight excluding hydrogens is 270 g/mol. The summed E-state index contributed by atoms with van der Waals surface area (Å²) in [4.78, 5) is 26.9. The molecule has 3 aliphatic rings. The monoisotopic (exact) mass is 293 g/mol. The predicted octanol–water partition coefficient (Wildman–Crippen LogP) is 1.52. The molecule has 116 valence electrons. The lowest BCUT2D eigenvalue weighted by atomic mass is 9.77. The van der Waals surface area contributed by atoms with Crippen molar-refractivity contribution in [3.8, 4) is 0 Å². The van der Waals surface area contributed by atoms with E-state index in [1.54, 1.807) is 0 Å². The van der Waals surface area contributed by atoms with Gasteiger partial charge < -0.3 is 14.4 Å². The average Bonchev–Trinajstić information content (AvgIpc) is 3.04. The number of fused-ring (bicyclic) bond motifs is 1. The number of esters is 1. The van der Waals surface area contributed by atoms with Crippen LogP contribution in [-0.2, 0) is 19.1 Å². The Labute approximate surface area is 125 Å². The van der Waals surface area contributed by atoms with Gasteiger partial charge in [0.2, 0.25) is 5.91 Å². The van der Waals surface area contributed by atoms with E-state index in [0.29, 0.717) is 6.54 Å². The van der Waals surface area contributed by atoms with E-state index in [1.807, 2.05) is 30.9 Å². The maximum Gasteiger partial charge on any atom is 0.313 e. The maximum atomic E-state index is 12.7. The standard InChI is InChI=1S/C16H23NO4/c1-4-5-8-17-9-16-7-6-11(21-16)12(13(16)14(17)18)15(19)20-10(2)3/h6-7,10-13H,4-5,8-9H2,1-3H3/t11-,12-,13+,16-/m0/s1. The Kier molecular flexibility index (Phi) is 3.56. The second-order valence-electron chi connectivity index (χ2n) is 6.50. The number of carbonyl (C=O) groups is 2. The molecule has 5 nitrogen and oxygen atoms in total. The zero-order valence-corrected chi connectivity index (χ0v) is 12.9. The van der Waals surface area contributed by atoms with Crippen molar-refractivity contribution < 1.29 is 19.1 Å². The third-order valence-corrected chi connectivity index (χ3v) is 4.58. The van der Waals surface area contributed by atoms with Crippen molar-refractivity contribution in [2.24, 2.45) is 11.8 Å². The van der Waals surface area contributed by atoms with Crippen LogP contribution < -0.4 is 0 Å². The van der Waals surface area contributed by atoms with Crippen molar-refractivity contribution in [1.82, 2.24) is 4.90 Å². The molecule has 0 aromatic carbocycles. The Morgan fingerprint density at radius 3 is 3.00 bits per heavy atom. The van der Waals surface area contributed by atoms with Gasteiger partial charge in [-0.3, -0.25) is 9.59 Å². The number of rotatable bonds is 5. The maximum absolute atomic E-state index is 12.7. The van der Waals surface area contributed by atoms with Crippen LogP contribution in [0.2, 0.25) is 0 Å². The van der Waals surface area contributed by atoms with Crippen molar-refractivity contribution in [2.45, 2.75) is 51.4 Å². The molecule has 4 atom stereocenters. The summed E-state index contributed by atoms with van der Waals surface area (Å²) in [6, 6.07) is 0. The molecule has 1 spiro atoms. The summed E-state index contributed by atoms with van der Waals surface area (Å²) in [5.41, 5.74) is -0.601. The molecule has 3 heterocycles. The van der Waals surface area contributed by atoms with Crippen LogP contribution in [0, 0.1) is 11.8 Å². The average molecular weight is 293 g/mol. The van der Waals surface area contributed by atoms with Gasteiger partial charge in [-0.15, -0.1) is 0 Å². The first-order valence-corrected chi connectivity index (χ1v) is 7.85. The molecule has 1 amide bonds. The van der Waals surface area contributed by atoms with Gasteiger partial charge in [0.25, 0.3) is 0 Å². The summed E-state index contributed by atoms with van der Waals surface area (Å²) in [6.07, 6.45) is 5.43. The van der Waals surface area contributed by atoms with Crippen LogP contribution in [-0.4, -0.2) is 47.7 Å². The van der Waals surface area contributed by atoms with Gasteiger partial charge in [0.15, 0.2) is 0 Å². The molecule has 0 aromatic heterocycles. The molecule has 0 saturated carbocycles. The zero-order chi connectivity index (χ0) is 15.2. The van der Waals surface area contributed by atoms with Crippen molar-refractivity contribution in [1.29, 1.82) is 0 Å². The number of nitrogens with zero attached hydrogens (tertiary/aromatic N) is 1. The molecule has 5 heteroatoms. The quantitative estimate of drug-likeness (QED) is 0.569. The molecule has 2 saturated heterocycles. The lowest BCUT2D eigenvalue weighted by molar-refractivity contribution is -0.157. The van der Waals surface area contributed by atoms with Crippen LogP contribution in [0.15, 0.2) is 12.2 Å². The molecular formula is C16H23NO4. The summed E-state index contributed by atoms with van der Waals surface area (Å²) >= 11 is 0. The Morgan fingerprint density at radius 2 is 2.33 bits per heavy atom. The molecule has 3 rings (SSSR count). The van der Waals surface area contributed by atoms with Crippen molar-refractivity contribution in [3.63, 3.8) is 0 Å². The van der Waals surface area contributed by atoms with Gasteiger partial charge >= 0.3 is 5.97 Å². The minimum Gasteiger partial charge on any atom is -0.463 e. The van der Waals surface area contributed by atoms with Gasteiger partial charge in [0, 0.05) is 6.54 Å². The third kappa shape index (κ3) is 2.18. The molecule has 0 unspecified atom stereocenters. The number of carbonyl (C=O) groups excluding carboxylic acids is 2. The topological polar surface area (TPSA) is 55.8 Å². The number of unbranched alkanes of at least 4 members (excludes halogenated alkanes) is 1. The molecule has 0 N–H and O–H groups in total. The first kappa shape index (κ1) is 14.6. The predicted molar refractivity (Wildman–Crippen MR) is 76.4 cm³/mol. The minimum absolute atomic E-state index is 0.0426. The van der Waals surface area contributed by atoms with Gasteiger partial charge in [-0.1, -0.05) is 25.5 Å². The first-order chi connectivity index (χ1) is 9.98. The van der Waals surface area contributed by atoms with E-state index < -0.39 is 17.4 Å². The first-order valence-electron chi connectivity index (χ1n) is 7.85. The van der Waals surface area contributed by atoms with Crippen LogP contribution in [0.3, 0.4) is 0 Å². The highest BCUT2D eigenvalue weighted by molar-refractivity contribution is 5.91. The van der Waals surface area contributed by atoms with Gasteiger partial charge in [0.05, 0.1) is 24.7 Å². The van der Waals surface area contributed by atoms with Crippen molar-refractivity contribution in [3.05, 3.63) is 12.2 Å². The SMILES string of the molecule is CCCCN1C[C@]23C=C[C@H](O2)[C@H](C(=O)OC(C)C)[C@@H]3C1=O. The van der Waals surface area contributed by atoms with Gasteiger partial charge in [-0.2, -0.15) is 0 Å². The van der Waals surface area contributed by atoms with Gasteiger partial charge in [-0.25, -0.2) is 0 Å². The Hall–Kier alpha value is -1.36. The normalized spacial score (nSPS) is 36.7.